The molecule has 0 aromatic carbocycles. The lowest BCUT2D eigenvalue weighted by molar-refractivity contribution is -0.0854. The summed E-state index contributed by atoms with van der Waals surface area (Å²) in [4.78, 5) is 6.74. The molecule has 2 rings (SSSR count). The predicted octanol–water partition coefficient (Wildman–Crippen LogP) is 1.06. The van der Waals surface area contributed by atoms with E-state index in [-0.39, 0.29) is 35.4 Å². The molecular formula is C12H24IN3O2. The van der Waals surface area contributed by atoms with Gasteiger partial charge in [0.1, 0.15) is 0 Å². The van der Waals surface area contributed by atoms with Gasteiger partial charge in [-0.2, -0.15) is 0 Å². The molecule has 2 atom stereocenters. The van der Waals surface area contributed by atoms with E-state index in [2.05, 4.69) is 23.7 Å². The second kappa shape index (κ2) is 6.38. The molecule has 1 aliphatic heterocycles. The van der Waals surface area contributed by atoms with E-state index in [1.165, 1.54) is 0 Å². The fraction of sp³-hybridized carbons (Fsp3) is 0.917. The van der Waals surface area contributed by atoms with Crippen LogP contribution in [0.25, 0.3) is 0 Å². The van der Waals surface area contributed by atoms with Gasteiger partial charge in [0.2, 0.25) is 0 Å². The highest BCUT2D eigenvalue weighted by Crippen LogP contribution is 2.44. The standard InChI is InChI=1S/C12H23N3O2.HI/c1-12(2)9(8-10(12)16-3)14-11(13)15-4-6-17-7-5-15;/h9-10H,4-8H2,1-3H3,(H2,13,14);1H. The maximum absolute atomic E-state index is 6.05. The molecular weight excluding hydrogens is 345 g/mol. The smallest absolute Gasteiger partial charge is 0.191 e. The third-order valence-corrected chi connectivity index (χ3v) is 4.03. The van der Waals surface area contributed by atoms with Crippen molar-refractivity contribution in [2.45, 2.75) is 32.4 Å². The first-order valence-corrected chi connectivity index (χ1v) is 6.24. The fourth-order valence-electron chi connectivity index (χ4n) is 2.52. The van der Waals surface area contributed by atoms with Gasteiger partial charge in [0, 0.05) is 25.6 Å². The highest BCUT2D eigenvalue weighted by molar-refractivity contribution is 14.0. The molecule has 18 heavy (non-hydrogen) atoms. The number of morpholine rings is 1. The van der Waals surface area contributed by atoms with Crippen molar-refractivity contribution in [2.75, 3.05) is 33.4 Å². The van der Waals surface area contributed by atoms with Crippen LogP contribution in [0.15, 0.2) is 4.99 Å². The number of nitrogens with two attached hydrogens (primary N) is 1. The van der Waals surface area contributed by atoms with Crippen LogP contribution in [-0.4, -0.2) is 56.4 Å². The molecule has 0 amide bonds. The number of rotatable bonds is 2. The maximum Gasteiger partial charge on any atom is 0.191 e. The van der Waals surface area contributed by atoms with Crippen LogP contribution in [-0.2, 0) is 9.47 Å². The monoisotopic (exact) mass is 369 g/mol. The maximum atomic E-state index is 6.05. The topological polar surface area (TPSA) is 60.1 Å². The molecule has 6 heteroatoms. The average molecular weight is 369 g/mol. The first-order valence-electron chi connectivity index (χ1n) is 6.24. The Hall–Kier alpha value is -0.0800. The SMILES string of the molecule is COC1CC(N=C(N)N2CCOCC2)C1(C)C.I. The quantitative estimate of drug-likeness (QED) is 0.449. The Bertz CT molecular complexity index is 304. The Morgan fingerprint density at radius 1 is 1.39 bits per heavy atom. The van der Waals surface area contributed by atoms with Crippen LogP contribution < -0.4 is 5.73 Å². The Balaban J connectivity index is 0.00000162. The zero-order valence-electron chi connectivity index (χ0n) is 11.4. The van der Waals surface area contributed by atoms with Gasteiger partial charge in [0.25, 0.3) is 0 Å². The first kappa shape index (κ1) is 16.0. The van der Waals surface area contributed by atoms with Gasteiger partial charge < -0.3 is 20.1 Å². The van der Waals surface area contributed by atoms with Crippen molar-refractivity contribution in [3.05, 3.63) is 0 Å². The van der Waals surface area contributed by atoms with Crippen molar-refractivity contribution in [1.29, 1.82) is 0 Å². The molecule has 2 aliphatic rings. The molecule has 0 bridgehead atoms. The van der Waals surface area contributed by atoms with Gasteiger partial charge in [-0.1, -0.05) is 13.8 Å². The average Bonchev–Trinajstić information content (AvgIpc) is 2.34. The molecule has 2 N–H and O–H groups in total. The summed E-state index contributed by atoms with van der Waals surface area (Å²) in [6.07, 6.45) is 1.27. The summed E-state index contributed by atoms with van der Waals surface area (Å²) < 4.78 is 10.7. The Labute approximate surface area is 126 Å². The molecule has 0 radical (unpaired) electrons. The van der Waals surface area contributed by atoms with Crippen LogP contribution in [0.3, 0.4) is 0 Å². The Morgan fingerprint density at radius 3 is 2.50 bits per heavy atom. The van der Waals surface area contributed by atoms with Gasteiger partial charge in [-0.25, -0.2) is 4.99 Å². The Kier molecular flexibility index (Phi) is 5.67. The third-order valence-electron chi connectivity index (χ3n) is 4.03. The number of methoxy groups -OCH3 is 1. The third kappa shape index (κ3) is 3.08. The van der Waals surface area contributed by atoms with Gasteiger partial charge in [0.05, 0.1) is 25.4 Å². The molecule has 1 saturated carbocycles. The molecule has 5 nitrogen and oxygen atoms in total. The lowest BCUT2D eigenvalue weighted by Gasteiger charge is -2.49. The molecule has 0 spiro atoms. The van der Waals surface area contributed by atoms with Crippen LogP contribution in [0, 0.1) is 5.41 Å². The van der Waals surface area contributed by atoms with E-state index >= 15 is 0 Å². The largest absolute Gasteiger partial charge is 0.381 e. The van der Waals surface area contributed by atoms with Crippen molar-refractivity contribution in [3.63, 3.8) is 0 Å². The number of nitrogens with zero attached hydrogens (tertiary/aromatic N) is 2. The van der Waals surface area contributed by atoms with E-state index < -0.39 is 0 Å². The molecule has 0 aromatic heterocycles. The second-order valence-electron chi connectivity index (χ2n) is 5.38. The summed E-state index contributed by atoms with van der Waals surface area (Å²) in [6.45, 7) is 7.54. The van der Waals surface area contributed by atoms with Crippen molar-refractivity contribution in [2.24, 2.45) is 16.1 Å². The molecule has 2 unspecified atom stereocenters. The molecule has 1 saturated heterocycles. The summed E-state index contributed by atoms with van der Waals surface area (Å²) in [5.41, 5.74) is 6.14. The number of hydrogen-bond donors (Lipinski definition) is 1. The van der Waals surface area contributed by atoms with E-state index in [9.17, 15) is 0 Å². The minimum absolute atomic E-state index is 0. The lowest BCUT2D eigenvalue weighted by atomic mass is 9.65. The number of guanidine groups is 1. The highest BCUT2D eigenvalue weighted by atomic mass is 127. The summed E-state index contributed by atoms with van der Waals surface area (Å²) in [5.74, 6) is 0.654. The van der Waals surface area contributed by atoms with Gasteiger partial charge in [0.15, 0.2) is 5.96 Å². The summed E-state index contributed by atoms with van der Waals surface area (Å²) in [7, 11) is 1.76. The number of hydrogen-bond acceptors (Lipinski definition) is 3. The second-order valence-corrected chi connectivity index (χ2v) is 5.38. The van der Waals surface area contributed by atoms with Crippen LogP contribution in [0.1, 0.15) is 20.3 Å². The number of aliphatic imine (C=N–C) groups is 1. The van der Waals surface area contributed by atoms with Gasteiger partial charge >= 0.3 is 0 Å². The zero-order chi connectivity index (χ0) is 12.5. The minimum atomic E-state index is 0. The number of halogens is 1. The van der Waals surface area contributed by atoms with E-state index in [4.69, 9.17) is 15.2 Å². The van der Waals surface area contributed by atoms with E-state index in [0.717, 1.165) is 32.7 Å². The highest BCUT2D eigenvalue weighted by Gasteiger charge is 2.48. The molecule has 1 heterocycles. The van der Waals surface area contributed by atoms with Crippen molar-refractivity contribution < 1.29 is 9.47 Å². The van der Waals surface area contributed by atoms with Crippen molar-refractivity contribution in [1.82, 2.24) is 4.90 Å². The minimum Gasteiger partial charge on any atom is -0.381 e. The summed E-state index contributed by atoms with van der Waals surface area (Å²) in [6, 6.07) is 0.273. The Morgan fingerprint density at radius 2 is 2.00 bits per heavy atom. The predicted molar refractivity (Wildman–Crippen MR) is 82.4 cm³/mol. The van der Waals surface area contributed by atoms with Crippen LogP contribution >= 0.6 is 24.0 Å². The van der Waals surface area contributed by atoms with Crippen LogP contribution in [0.5, 0.6) is 0 Å². The summed E-state index contributed by atoms with van der Waals surface area (Å²) >= 11 is 0. The van der Waals surface area contributed by atoms with Crippen molar-refractivity contribution >= 4 is 29.9 Å². The first-order chi connectivity index (χ1) is 8.05. The van der Waals surface area contributed by atoms with Crippen LogP contribution in [0.4, 0.5) is 0 Å². The van der Waals surface area contributed by atoms with Gasteiger partial charge in [-0.05, 0) is 6.42 Å². The summed E-state index contributed by atoms with van der Waals surface area (Å²) in [5, 5.41) is 0. The van der Waals surface area contributed by atoms with Gasteiger partial charge in [-0.15, -0.1) is 24.0 Å². The molecule has 0 aromatic rings. The molecule has 2 fully saturated rings. The van der Waals surface area contributed by atoms with E-state index in [1.807, 2.05) is 0 Å². The molecule has 106 valence electrons. The zero-order valence-corrected chi connectivity index (χ0v) is 13.7. The van der Waals surface area contributed by atoms with Crippen LogP contribution in [0.2, 0.25) is 0 Å². The van der Waals surface area contributed by atoms with Gasteiger partial charge in [-0.3, -0.25) is 0 Å². The normalized spacial score (nSPS) is 31.5. The van der Waals surface area contributed by atoms with Crippen molar-refractivity contribution in [3.8, 4) is 0 Å². The lowest BCUT2D eigenvalue weighted by Crippen LogP contribution is -2.55. The molecule has 1 aliphatic carbocycles. The van der Waals surface area contributed by atoms with E-state index in [1.54, 1.807) is 7.11 Å². The fourth-order valence-corrected chi connectivity index (χ4v) is 2.52. The number of ether oxygens (including phenoxy) is 2. The van der Waals surface area contributed by atoms with E-state index in [0.29, 0.717) is 12.1 Å².